The molecule has 23 heavy (non-hydrogen) atoms. The molecule has 2 amide bonds. The molecule has 0 unspecified atom stereocenters. The van der Waals surface area contributed by atoms with Gasteiger partial charge < -0.3 is 10.2 Å². The fourth-order valence-electron chi connectivity index (χ4n) is 2.11. The van der Waals surface area contributed by atoms with Crippen LogP contribution in [-0.2, 0) is 22.7 Å². The summed E-state index contributed by atoms with van der Waals surface area (Å²) in [6.45, 7) is 2.32. The quantitative estimate of drug-likeness (QED) is 0.885. The van der Waals surface area contributed by atoms with E-state index in [0.29, 0.717) is 18.1 Å². The molecule has 0 atom stereocenters. The van der Waals surface area contributed by atoms with Gasteiger partial charge >= 0.3 is 0 Å². The van der Waals surface area contributed by atoms with E-state index in [1.807, 2.05) is 42.5 Å². The number of benzene rings is 2. The predicted molar refractivity (Wildman–Crippen MR) is 90.8 cm³/mol. The highest BCUT2D eigenvalue weighted by Crippen LogP contribution is 2.11. The van der Waals surface area contributed by atoms with Crippen molar-refractivity contribution in [3.63, 3.8) is 0 Å². The van der Waals surface area contributed by atoms with Crippen LogP contribution in [-0.4, -0.2) is 23.3 Å². The molecule has 0 bridgehead atoms. The van der Waals surface area contributed by atoms with Crippen molar-refractivity contribution in [1.29, 1.82) is 0 Å². The zero-order valence-electron chi connectivity index (χ0n) is 13.0. The highest BCUT2D eigenvalue weighted by molar-refractivity contribution is 6.30. The summed E-state index contributed by atoms with van der Waals surface area (Å²) in [6, 6.07) is 16.9. The average molecular weight is 331 g/mol. The lowest BCUT2D eigenvalue weighted by Crippen LogP contribution is -2.39. The van der Waals surface area contributed by atoms with Gasteiger partial charge in [-0.25, -0.2) is 0 Å². The van der Waals surface area contributed by atoms with Crippen LogP contribution in [0.5, 0.6) is 0 Å². The minimum absolute atomic E-state index is 0.0325. The minimum atomic E-state index is -0.182. The highest BCUT2D eigenvalue weighted by Gasteiger charge is 2.14. The Balaban J connectivity index is 1.89. The molecule has 0 heterocycles. The zero-order valence-corrected chi connectivity index (χ0v) is 13.7. The molecule has 0 radical (unpaired) electrons. The molecular weight excluding hydrogens is 312 g/mol. The molecule has 0 aromatic heterocycles. The fraction of sp³-hybridized carbons (Fsp3) is 0.222. The lowest BCUT2D eigenvalue weighted by Gasteiger charge is -2.20. The van der Waals surface area contributed by atoms with Crippen molar-refractivity contribution in [2.75, 3.05) is 6.54 Å². The number of carbonyl (C=O) groups excluding carboxylic acids is 2. The first-order valence-electron chi connectivity index (χ1n) is 7.35. The van der Waals surface area contributed by atoms with E-state index in [9.17, 15) is 9.59 Å². The molecule has 0 aliphatic carbocycles. The van der Waals surface area contributed by atoms with E-state index >= 15 is 0 Å². The normalized spacial score (nSPS) is 10.2. The van der Waals surface area contributed by atoms with Crippen LogP contribution in [0, 0.1) is 0 Å². The van der Waals surface area contributed by atoms with Crippen molar-refractivity contribution < 1.29 is 9.59 Å². The number of amides is 2. The highest BCUT2D eigenvalue weighted by atomic mass is 35.5. The molecule has 0 fully saturated rings. The van der Waals surface area contributed by atoms with Crippen LogP contribution in [0.25, 0.3) is 0 Å². The summed E-state index contributed by atoms with van der Waals surface area (Å²) in [7, 11) is 0. The SMILES string of the molecule is CC(=O)N(CC(=O)NCc1ccccc1)Cc1ccc(Cl)cc1. The number of carbonyl (C=O) groups is 2. The van der Waals surface area contributed by atoms with Gasteiger partial charge in [0.05, 0.1) is 6.54 Å². The fourth-order valence-corrected chi connectivity index (χ4v) is 2.24. The van der Waals surface area contributed by atoms with Gasteiger partial charge in [-0.1, -0.05) is 54.1 Å². The first-order valence-corrected chi connectivity index (χ1v) is 7.73. The number of hydrogen-bond donors (Lipinski definition) is 1. The Morgan fingerprint density at radius 2 is 1.65 bits per heavy atom. The van der Waals surface area contributed by atoms with E-state index in [4.69, 9.17) is 11.6 Å². The van der Waals surface area contributed by atoms with Gasteiger partial charge in [-0.2, -0.15) is 0 Å². The third-order valence-corrected chi connectivity index (χ3v) is 3.65. The summed E-state index contributed by atoms with van der Waals surface area (Å²) in [5.74, 6) is -0.326. The van der Waals surface area contributed by atoms with Gasteiger partial charge in [0.25, 0.3) is 0 Å². The predicted octanol–water partition coefficient (Wildman–Crippen LogP) is 3.00. The van der Waals surface area contributed by atoms with Crippen molar-refractivity contribution >= 4 is 23.4 Å². The number of hydrogen-bond acceptors (Lipinski definition) is 2. The monoisotopic (exact) mass is 330 g/mol. The number of halogens is 1. The molecule has 2 aromatic carbocycles. The Morgan fingerprint density at radius 1 is 1.00 bits per heavy atom. The maximum atomic E-state index is 12.0. The third-order valence-electron chi connectivity index (χ3n) is 3.40. The first kappa shape index (κ1) is 17.0. The maximum Gasteiger partial charge on any atom is 0.239 e. The van der Waals surface area contributed by atoms with Gasteiger partial charge in [0.15, 0.2) is 0 Å². The molecule has 0 saturated heterocycles. The molecular formula is C18H19ClN2O2. The van der Waals surface area contributed by atoms with E-state index in [1.54, 1.807) is 12.1 Å². The summed E-state index contributed by atoms with van der Waals surface area (Å²) in [5.41, 5.74) is 1.95. The van der Waals surface area contributed by atoms with Gasteiger partial charge in [0, 0.05) is 25.0 Å². The van der Waals surface area contributed by atoms with Crippen LogP contribution in [0.3, 0.4) is 0 Å². The van der Waals surface area contributed by atoms with Crippen molar-refractivity contribution in [3.8, 4) is 0 Å². The van der Waals surface area contributed by atoms with Crippen LogP contribution >= 0.6 is 11.6 Å². The third kappa shape index (κ3) is 5.75. The van der Waals surface area contributed by atoms with Gasteiger partial charge in [0.2, 0.25) is 11.8 Å². The number of nitrogens with one attached hydrogen (secondary N) is 1. The second kappa shape index (κ2) is 8.34. The van der Waals surface area contributed by atoms with Crippen molar-refractivity contribution in [2.24, 2.45) is 0 Å². The summed E-state index contributed by atoms with van der Waals surface area (Å²) in [5, 5.41) is 3.47. The number of rotatable bonds is 6. The Labute approximate surface area is 141 Å². The Morgan fingerprint density at radius 3 is 2.26 bits per heavy atom. The van der Waals surface area contributed by atoms with E-state index < -0.39 is 0 Å². The van der Waals surface area contributed by atoms with E-state index in [0.717, 1.165) is 11.1 Å². The zero-order chi connectivity index (χ0) is 16.7. The summed E-state index contributed by atoms with van der Waals surface area (Å²) < 4.78 is 0. The molecule has 5 heteroatoms. The summed E-state index contributed by atoms with van der Waals surface area (Å²) >= 11 is 5.85. The Hall–Kier alpha value is -2.33. The summed E-state index contributed by atoms with van der Waals surface area (Å²) in [6.07, 6.45) is 0. The van der Waals surface area contributed by atoms with Crippen LogP contribution in [0.2, 0.25) is 5.02 Å². The van der Waals surface area contributed by atoms with Crippen LogP contribution in [0.1, 0.15) is 18.1 Å². The van der Waals surface area contributed by atoms with Gasteiger partial charge in [-0.05, 0) is 23.3 Å². The second-order valence-electron chi connectivity index (χ2n) is 5.26. The standard InChI is InChI=1S/C18H19ClN2O2/c1-14(22)21(12-16-7-9-17(19)10-8-16)13-18(23)20-11-15-5-3-2-4-6-15/h2-10H,11-13H2,1H3,(H,20,23). The van der Waals surface area contributed by atoms with Gasteiger partial charge in [0.1, 0.15) is 0 Å². The van der Waals surface area contributed by atoms with E-state index in [1.165, 1.54) is 11.8 Å². The maximum absolute atomic E-state index is 12.0. The molecule has 2 aromatic rings. The lowest BCUT2D eigenvalue weighted by molar-refractivity contribution is -0.135. The molecule has 0 aliphatic rings. The van der Waals surface area contributed by atoms with Crippen LogP contribution < -0.4 is 5.32 Å². The number of nitrogens with zero attached hydrogens (tertiary/aromatic N) is 1. The minimum Gasteiger partial charge on any atom is -0.350 e. The molecule has 1 N–H and O–H groups in total. The topological polar surface area (TPSA) is 49.4 Å². The molecule has 2 rings (SSSR count). The first-order chi connectivity index (χ1) is 11.0. The average Bonchev–Trinajstić information content (AvgIpc) is 2.55. The molecule has 0 saturated carbocycles. The second-order valence-corrected chi connectivity index (χ2v) is 5.70. The van der Waals surface area contributed by atoms with Crippen LogP contribution in [0.15, 0.2) is 54.6 Å². The molecule has 4 nitrogen and oxygen atoms in total. The Bertz CT molecular complexity index is 656. The van der Waals surface area contributed by atoms with E-state index in [2.05, 4.69) is 5.32 Å². The smallest absolute Gasteiger partial charge is 0.239 e. The lowest BCUT2D eigenvalue weighted by atomic mass is 10.2. The molecule has 0 aliphatic heterocycles. The van der Waals surface area contributed by atoms with Crippen molar-refractivity contribution in [2.45, 2.75) is 20.0 Å². The Kier molecular flexibility index (Phi) is 6.18. The van der Waals surface area contributed by atoms with Crippen molar-refractivity contribution in [1.82, 2.24) is 10.2 Å². The summed E-state index contributed by atoms with van der Waals surface area (Å²) in [4.78, 5) is 25.3. The largest absolute Gasteiger partial charge is 0.350 e. The molecule has 120 valence electrons. The van der Waals surface area contributed by atoms with E-state index in [-0.39, 0.29) is 18.4 Å². The van der Waals surface area contributed by atoms with Crippen molar-refractivity contribution in [3.05, 3.63) is 70.7 Å². The van der Waals surface area contributed by atoms with Gasteiger partial charge in [-0.15, -0.1) is 0 Å². The molecule has 0 spiro atoms. The van der Waals surface area contributed by atoms with Crippen LogP contribution in [0.4, 0.5) is 0 Å². The van der Waals surface area contributed by atoms with Gasteiger partial charge in [-0.3, -0.25) is 9.59 Å².